The molecule has 2 heterocycles. The lowest BCUT2D eigenvalue weighted by atomic mass is 9.92. The van der Waals surface area contributed by atoms with Crippen molar-refractivity contribution < 1.29 is 4.79 Å². The summed E-state index contributed by atoms with van der Waals surface area (Å²) < 4.78 is 1.54. The van der Waals surface area contributed by atoms with Crippen molar-refractivity contribution >= 4 is 5.91 Å². The molecule has 8 nitrogen and oxygen atoms in total. The predicted molar refractivity (Wildman–Crippen MR) is 89.1 cm³/mol. The number of aryl methyl sites for hydroxylation is 2. The first kappa shape index (κ1) is 15.4. The molecule has 0 saturated heterocycles. The Bertz CT molecular complexity index is 890. The van der Waals surface area contributed by atoms with Crippen LogP contribution in [0.3, 0.4) is 0 Å². The van der Waals surface area contributed by atoms with E-state index in [-0.39, 0.29) is 11.9 Å². The van der Waals surface area contributed by atoms with Crippen LogP contribution in [0.4, 0.5) is 0 Å². The van der Waals surface area contributed by atoms with Crippen LogP contribution in [-0.4, -0.2) is 36.1 Å². The second-order valence-corrected chi connectivity index (χ2v) is 6.04. The van der Waals surface area contributed by atoms with Crippen molar-refractivity contribution in [3.63, 3.8) is 0 Å². The zero-order chi connectivity index (χ0) is 17.2. The monoisotopic (exact) mass is 335 g/mol. The summed E-state index contributed by atoms with van der Waals surface area (Å²) in [5.74, 6) is 0.658. The van der Waals surface area contributed by atoms with Crippen molar-refractivity contribution in [3.8, 4) is 5.69 Å². The smallest absolute Gasteiger partial charge is 0.251 e. The van der Waals surface area contributed by atoms with E-state index in [4.69, 9.17) is 0 Å². The third-order valence-electron chi connectivity index (χ3n) is 4.35. The fourth-order valence-corrected chi connectivity index (χ4v) is 3.08. The van der Waals surface area contributed by atoms with Crippen molar-refractivity contribution in [2.24, 2.45) is 0 Å². The van der Waals surface area contributed by atoms with Gasteiger partial charge in [0, 0.05) is 23.0 Å². The number of carbonyl (C=O) groups excluding carboxylic acids is 1. The van der Waals surface area contributed by atoms with Gasteiger partial charge in [0.2, 0.25) is 0 Å². The van der Waals surface area contributed by atoms with Crippen LogP contribution in [0.15, 0.2) is 36.8 Å². The average molecular weight is 335 g/mol. The summed E-state index contributed by atoms with van der Waals surface area (Å²) in [6.45, 7) is 1.88. The molecule has 1 aliphatic rings. The molecule has 0 bridgehead atoms. The largest absolute Gasteiger partial charge is 0.345 e. The first-order valence-electron chi connectivity index (χ1n) is 8.17. The topological polar surface area (TPSA) is 98.5 Å². The summed E-state index contributed by atoms with van der Waals surface area (Å²) in [6.07, 6.45) is 6.19. The highest BCUT2D eigenvalue weighted by atomic mass is 16.1. The Morgan fingerprint density at radius 1 is 1.28 bits per heavy atom. The molecule has 1 aromatic carbocycles. The van der Waals surface area contributed by atoms with Crippen LogP contribution in [0.2, 0.25) is 0 Å². The van der Waals surface area contributed by atoms with Crippen LogP contribution in [0.25, 0.3) is 5.69 Å². The fraction of sp³-hybridized carbons (Fsp3) is 0.294. The van der Waals surface area contributed by atoms with Gasteiger partial charge in [-0.3, -0.25) is 4.79 Å². The molecule has 25 heavy (non-hydrogen) atoms. The van der Waals surface area contributed by atoms with Crippen LogP contribution < -0.4 is 5.32 Å². The number of hydrogen-bond acceptors (Lipinski definition) is 6. The van der Waals surface area contributed by atoms with E-state index in [9.17, 15) is 4.79 Å². The van der Waals surface area contributed by atoms with E-state index in [1.54, 1.807) is 16.8 Å². The van der Waals surface area contributed by atoms with Crippen LogP contribution in [0, 0.1) is 6.92 Å². The summed E-state index contributed by atoms with van der Waals surface area (Å²) in [5.41, 5.74) is 3.46. The Labute approximate surface area is 144 Å². The van der Waals surface area contributed by atoms with Gasteiger partial charge < -0.3 is 5.32 Å². The standard InChI is InChI=1S/C17H17N7O/c1-11-18-9-14-15(20-11)3-2-4-16(14)21-17(25)12-5-7-13(8-6-12)24-10-19-22-23-24/h5-10,16H,2-4H2,1H3,(H,21,25)/t16-/m0/s1. The van der Waals surface area contributed by atoms with Gasteiger partial charge in [0.15, 0.2) is 0 Å². The first-order valence-corrected chi connectivity index (χ1v) is 8.17. The van der Waals surface area contributed by atoms with Crippen LogP contribution in [-0.2, 0) is 6.42 Å². The van der Waals surface area contributed by atoms with Crippen molar-refractivity contribution in [1.82, 2.24) is 35.5 Å². The Morgan fingerprint density at radius 2 is 2.12 bits per heavy atom. The van der Waals surface area contributed by atoms with Gasteiger partial charge in [-0.2, -0.15) is 0 Å². The number of fused-ring (bicyclic) bond motifs is 1. The van der Waals surface area contributed by atoms with E-state index in [0.717, 1.165) is 42.0 Å². The highest BCUT2D eigenvalue weighted by Crippen LogP contribution is 2.28. The maximum atomic E-state index is 12.6. The van der Waals surface area contributed by atoms with E-state index in [0.29, 0.717) is 5.56 Å². The molecule has 8 heteroatoms. The van der Waals surface area contributed by atoms with Gasteiger partial charge in [0.05, 0.1) is 11.7 Å². The fourth-order valence-electron chi connectivity index (χ4n) is 3.08. The molecule has 0 saturated carbocycles. The number of nitrogens with one attached hydrogen (secondary N) is 1. The summed E-state index contributed by atoms with van der Waals surface area (Å²) >= 11 is 0. The molecule has 0 radical (unpaired) electrons. The van der Waals surface area contributed by atoms with Gasteiger partial charge in [-0.15, -0.1) is 5.10 Å². The van der Waals surface area contributed by atoms with Crippen molar-refractivity contribution in [2.75, 3.05) is 0 Å². The molecule has 0 unspecified atom stereocenters. The molecule has 3 aromatic rings. The number of nitrogens with zero attached hydrogens (tertiary/aromatic N) is 6. The summed E-state index contributed by atoms with van der Waals surface area (Å²) in [5, 5.41) is 14.1. The third kappa shape index (κ3) is 3.10. The highest BCUT2D eigenvalue weighted by Gasteiger charge is 2.23. The second-order valence-electron chi connectivity index (χ2n) is 6.04. The van der Waals surface area contributed by atoms with Crippen molar-refractivity contribution in [1.29, 1.82) is 0 Å². The van der Waals surface area contributed by atoms with Crippen LogP contribution >= 0.6 is 0 Å². The van der Waals surface area contributed by atoms with Gasteiger partial charge in [0.1, 0.15) is 12.2 Å². The number of tetrazole rings is 1. The predicted octanol–water partition coefficient (Wildman–Crippen LogP) is 1.57. The number of amides is 1. The van der Waals surface area contributed by atoms with Crippen molar-refractivity contribution in [3.05, 3.63) is 59.4 Å². The highest BCUT2D eigenvalue weighted by molar-refractivity contribution is 5.94. The number of benzene rings is 1. The van der Waals surface area contributed by atoms with E-state index in [1.807, 2.05) is 25.3 Å². The normalized spacial score (nSPS) is 16.3. The Balaban J connectivity index is 1.51. The van der Waals surface area contributed by atoms with Crippen LogP contribution in [0.5, 0.6) is 0 Å². The summed E-state index contributed by atoms with van der Waals surface area (Å²) in [7, 11) is 0. The zero-order valence-corrected chi connectivity index (χ0v) is 13.8. The van der Waals surface area contributed by atoms with Gasteiger partial charge in [-0.25, -0.2) is 14.6 Å². The Kier molecular flexibility index (Phi) is 3.93. The van der Waals surface area contributed by atoms with Crippen LogP contribution in [0.1, 0.15) is 46.3 Å². The van der Waals surface area contributed by atoms with Gasteiger partial charge >= 0.3 is 0 Å². The van der Waals surface area contributed by atoms with Gasteiger partial charge in [-0.05, 0) is 60.9 Å². The van der Waals surface area contributed by atoms with E-state index < -0.39 is 0 Å². The molecule has 0 spiro atoms. The molecule has 1 amide bonds. The number of hydrogen-bond donors (Lipinski definition) is 1. The number of rotatable bonds is 3. The first-order chi connectivity index (χ1) is 12.2. The molecular formula is C17H17N7O. The maximum Gasteiger partial charge on any atom is 0.251 e. The number of aromatic nitrogens is 6. The lowest BCUT2D eigenvalue weighted by molar-refractivity contribution is 0.0932. The molecule has 4 rings (SSSR count). The SMILES string of the molecule is Cc1ncc2c(n1)CCC[C@@H]2NC(=O)c1ccc(-n2cnnn2)cc1. The molecule has 2 aromatic heterocycles. The van der Waals surface area contributed by atoms with E-state index in [1.165, 1.54) is 6.33 Å². The van der Waals surface area contributed by atoms with Gasteiger partial charge in [-0.1, -0.05) is 0 Å². The van der Waals surface area contributed by atoms with Crippen molar-refractivity contribution in [2.45, 2.75) is 32.2 Å². The lowest BCUT2D eigenvalue weighted by Gasteiger charge is -2.25. The third-order valence-corrected chi connectivity index (χ3v) is 4.35. The lowest BCUT2D eigenvalue weighted by Crippen LogP contribution is -2.31. The molecule has 1 aliphatic carbocycles. The minimum Gasteiger partial charge on any atom is -0.345 e. The van der Waals surface area contributed by atoms with E-state index in [2.05, 4.69) is 30.8 Å². The average Bonchev–Trinajstić information content (AvgIpc) is 3.16. The maximum absolute atomic E-state index is 12.6. The quantitative estimate of drug-likeness (QED) is 0.780. The minimum absolute atomic E-state index is 0.0453. The second kappa shape index (κ2) is 6.39. The molecule has 1 atom stereocenters. The Hall–Kier alpha value is -3.16. The van der Waals surface area contributed by atoms with Gasteiger partial charge in [0.25, 0.3) is 5.91 Å². The summed E-state index contributed by atoms with van der Waals surface area (Å²) in [4.78, 5) is 21.4. The summed E-state index contributed by atoms with van der Waals surface area (Å²) in [6, 6.07) is 7.11. The molecular weight excluding hydrogens is 318 g/mol. The molecule has 0 fully saturated rings. The Morgan fingerprint density at radius 3 is 2.88 bits per heavy atom. The molecule has 126 valence electrons. The van der Waals surface area contributed by atoms with E-state index >= 15 is 0 Å². The molecule has 1 N–H and O–H groups in total. The molecule has 0 aliphatic heterocycles. The minimum atomic E-state index is -0.110. The zero-order valence-electron chi connectivity index (χ0n) is 13.8. The number of carbonyl (C=O) groups is 1.